The van der Waals surface area contributed by atoms with E-state index in [2.05, 4.69) is 5.32 Å². The third-order valence-electron chi connectivity index (χ3n) is 3.45. The maximum atomic E-state index is 13.3. The van der Waals surface area contributed by atoms with Crippen LogP contribution in [0.4, 0.5) is 4.39 Å². The van der Waals surface area contributed by atoms with Crippen LogP contribution in [-0.2, 0) is 0 Å². The predicted octanol–water partition coefficient (Wildman–Crippen LogP) is 1.83. The first-order valence-corrected chi connectivity index (χ1v) is 6.02. The van der Waals surface area contributed by atoms with Gasteiger partial charge in [0, 0.05) is 6.04 Å². The van der Waals surface area contributed by atoms with Crippen LogP contribution >= 0.6 is 0 Å². The van der Waals surface area contributed by atoms with Crippen molar-refractivity contribution < 1.29 is 9.13 Å². The Balaban J connectivity index is 2.15. The Kier molecular flexibility index (Phi) is 3.97. The molecule has 0 aromatic heterocycles. The van der Waals surface area contributed by atoms with Crippen molar-refractivity contribution in [2.45, 2.75) is 18.9 Å². The van der Waals surface area contributed by atoms with Crippen molar-refractivity contribution in [1.29, 1.82) is 0 Å². The molecule has 0 spiro atoms. The molecule has 4 heteroatoms. The average Bonchev–Trinajstić information content (AvgIpc) is 2.39. The zero-order chi connectivity index (χ0) is 12.3. The van der Waals surface area contributed by atoms with Crippen LogP contribution in [-0.4, -0.2) is 20.2 Å². The number of hydrogen-bond acceptors (Lipinski definition) is 3. The van der Waals surface area contributed by atoms with E-state index in [-0.39, 0.29) is 17.6 Å². The molecule has 0 aliphatic carbocycles. The van der Waals surface area contributed by atoms with Gasteiger partial charge < -0.3 is 15.8 Å². The van der Waals surface area contributed by atoms with E-state index in [1.165, 1.54) is 13.2 Å². The van der Waals surface area contributed by atoms with Gasteiger partial charge in [0.2, 0.25) is 0 Å². The Bertz CT molecular complexity index is 378. The Hall–Kier alpha value is -1.13. The van der Waals surface area contributed by atoms with Gasteiger partial charge in [-0.15, -0.1) is 0 Å². The van der Waals surface area contributed by atoms with Crippen LogP contribution in [0.2, 0.25) is 0 Å². The van der Waals surface area contributed by atoms with Crippen molar-refractivity contribution >= 4 is 0 Å². The van der Waals surface area contributed by atoms with E-state index >= 15 is 0 Å². The smallest absolute Gasteiger partial charge is 0.165 e. The number of methoxy groups -OCH3 is 1. The van der Waals surface area contributed by atoms with Gasteiger partial charge in [-0.2, -0.15) is 0 Å². The van der Waals surface area contributed by atoms with Gasteiger partial charge in [-0.1, -0.05) is 6.07 Å². The topological polar surface area (TPSA) is 47.3 Å². The second kappa shape index (κ2) is 5.47. The molecule has 0 radical (unpaired) electrons. The summed E-state index contributed by atoms with van der Waals surface area (Å²) >= 11 is 0. The highest BCUT2D eigenvalue weighted by Gasteiger charge is 2.22. The Morgan fingerprint density at radius 3 is 2.76 bits per heavy atom. The predicted molar refractivity (Wildman–Crippen MR) is 65.5 cm³/mol. The fourth-order valence-electron chi connectivity index (χ4n) is 2.36. The third kappa shape index (κ3) is 2.76. The molecule has 0 amide bonds. The van der Waals surface area contributed by atoms with Gasteiger partial charge in [-0.25, -0.2) is 4.39 Å². The van der Waals surface area contributed by atoms with Gasteiger partial charge >= 0.3 is 0 Å². The summed E-state index contributed by atoms with van der Waals surface area (Å²) in [5.74, 6) is 0.395. The molecule has 3 N–H and O–H groups in total. The van der Waals surface area contributed by atoms with E-state index in [1.807, 2.05) is 0 Å². The normalized spacial score (nSPS) is 19.0. The number of hydrogen-bond donors (Lipinski definition) is 2. The van der Waals surface area contributed by atoms with E-state index < -0.39 is 0 Å². The van der Waals surface area contributed by atoms with E-state index in [0.717, 1.165) is 31.5 Å². The second-order valence-electron chi connectivity index (χ2n) is 4.51. The molecule has 0 saturated carbocycles. The summed E-state index contributed by atoms with van der Waals surface area (Å²) in [6.07, 6.45) is 2.14. The standard InChI is InChI=1S/C13H19FN2O/c1-17-12-8-10(2-3-11(12)14)13(15)9-4-6-16-7-5-9/h2-3,8-9,13,16H,4-7,15H2,1H3/t13-/m1/s1. The average molecular weight is 238 g/mol. The van der Waals surface area contributed by atoms with Crippen LogP contribution in [0.15, 0.2) is 18.2 Å². The Labute approximate surface area is 101 Å². The minimum atomic E-state index is -0.339. The summed E-state index contributed by atoms with van der Waals surface area (Å²) in [4.78, 5) is 0. The molecule has 17 heavy (non-hydrogen) atoms. The summed E-state index contributed by atoms with van der Waals surface area (Å²) in [5, 5.41) is 3.31. The molecule has 94 valence electrons. The van der Waals surface area contributed by atoms with Gasteiger partial charge in [0.25, 0.3) is 0 Å². The van der Waals surface area contributed by atoms with Gasteiger partial charge in [0.05, 0.1) is 7.11 Å². The maximum Gasteiger partial charge on any atom is 0.165 e. The van der Waals surface area contributed by atoms with Gasteiger partial charge in [0.15, 0.2) is 11.6 Å². The van der Waals surface area contributed by atoms with E-state index in [9.17, 15) is 4.39 Å². The fraction of sp³-hybridized carbons (Fsp3) is 0.538. The third-order valence-corrected chi connectivity index (χ3v) is 3.45. The van der Waals surface area contributed by atoms with Crippen LogP contribution in [0.3, 0.4) is 0 Å². The van der Waals surface area contributed by atoms with Gasteiger partial charge in [-0.05, 0) is 49.5 Å². The largest absolute Gasteiger partial charge is 0.494 e. The molecule has 0 bridgehead atoms. The Morgan fingerprint density at radius 1 is 1.41 bits per heavy atom. The lowest BCUT2D eigenvalue weighted by molar-refractivity contribution is 0.320. The first kappa shape index (κ1) is 12.3. The quantitative estimate of drug-likeness (QED) is 0.844. The Morgan fingerprint density at radius 2 is 2.12 bits per heavy atom. The summed E-state index contributed by atoms with van der Waals surface area (Å²) in [6.45, 7) is 2.02. The number of ether oxygens (including phenoxy) is 1. The van der Waals surface area contributed by atoms with E-state index in [1.54, 1.807) is 12.1 Å². The summed E-state index contributed by atoms with van der Waals surface area (Å²) < 4.78 is 18.3. The number of rotatable bonds is 3. The van der Waals surface area contributed by atoms with Crippen LogP contribution < -0.4 is 15.8 Å². The van der Waals surface area contributed by atoms with Crippen molar-refractivity contribution in [2.24, 2.45) is 11.7 Å². The van der Waals surface area contributed by atoms with Crippen molar-refractivity contribution in [3.8, 4) is 5.75 Å². The van der Waals surface area contributed by atoms with Crippen molar-refractivity contribution in [3.05, 3.63) is 29.6 Å². The van der Waals surface area contributed by atoms with Crippen LogP contribution in [0.5, 0.6) is 5.75 Å². The summed E-state index contributed by atoms with van der Waals surface area (Å²) in [7, 11) is 1.47. The molecule has 3 nitrogen and oxygen atoms in total. The highest BCUT2D eigenvalue weighted by atomic mass is 19.1. The molecule has 1 atom stereocenters. The molecule has 1 saturated heterocycles. The fourth-order valence-corrected chi connectivity index (χ4v) is 2.36. The van der Waals surface area contributed by atoms with E-state index in [0.29, 0.717) is 5.92 Å². The molecule has 1 heterocycles. The zero-order valence-electron chi connectivity index (χ0n) is 10.1. The van der Waals surface area contributed by atoms with Crippen molar-refractivity contribution in [3.63, 3.8) is 0 Å². The van der Waals surface area contributed by atoms with Gasteiger partial charge in [0.1, 0.15) is 0 Å². The lowest BCUT2D eigenvalue weighted by Gasteiger charge is -2.28. The number of piperidine rings is 1. The monoisotopic (exact) mass is 238 g/mol. The van der Waals surface area contributed by atoms with Crippen molar-refractivity contribution in [2.75, 3.05) is 20.2 Å². The molecule has 1 aromatic rings. The van der Waals surface area contributed by atoms with Gasteiger partial charge in [-0.3, -0.25) is 0 Å². The maximum absolute atomic E-state index is 13.3. The first-order chi connectivity index (χ1) is 8.22. The zero-order valence-corrected chi connectivity index (χ0v) is 10.1. The molecule has 0 unspecified atom stereocenters. The molecular formula is C13H19FN2O. The lowest BCUT2D eigenvalue weighted by Crippen LogP contribution is -2.33. The van der Waals surface area contributed by atoms with Crippen molar-refractivity contribution in [1.82, 2.24) is 5.32 Å². The summed E-state index contributed by atoms with van der Waals surface area (Å²) in [6, 6.07) is 4.86. The molecule has 1 aliphatic rings. The van der Waals surface area contributed by atoms with Crippen LogP contribution in [0.1, 0.15) is 24.4 Å². The molecule has 2 rings (SSSR count). The first-order valence-electron chi connectivity index (χ1n) is 6.02. The lowest BCUT2D eigenvalue weighted by atomic mass is 9.86. The second-order valence-corrected chi connectivity index (χ2v) is 4.51. The minimum absolute atomic E-state index is 0.0356. The molecule has 1 aromatic carbocycles. The number of nitrogens with one attached hydrogen (secondary N) is 1. The molecule has 1 fully saturated rings. The highest BCUT2D eigenvalue weighted by molar-refractivity contribution is 5.32. The minimum Gasteiger partial charge on any atom is -0.494 e. The highest BCUT2D eigenvalue weighted by Crippen LogP contribution is 2.29. The number of benzene rings is 1. The molecule has 1 aliphatic heterocycles. The SMILES string of the molecule is COc1cc([C@H](N)C2CCNCC2)ccc1F. The number of nitrogens with two attached hydrogens (primary N) is 1. The summed E-state index contributed by atoms with van der Waals surface area (Å²) in [5.41, 5.74) is 7.19. The number of halogens is 1. The van der Waals surface area contributed by atoms with Crippen LogP contribution in [0.25, 0.3) is 0 Å². The van der Waals surface area contributed by atoms with Crippen LogP contribution in [0, 0.1) is 11.7 Å². The van der Waals surface area contributed by atoms with E-state index in [4.69, 9.17) is 10.5 Å². The molecular weight excluding hydrogens is 219 g/mol.